The molecular weight excluding hydrogens is 534 g/mol. The Balaban J connectivity index is 0.942. The fourth-order valence-electron chi connectivity index (χ4n) is 4.78. The highest BCUT2D eigenvalue weighted by Crippen LogP contribution is 2.32. The van der Waals surface area contributed by atoms with Gasteiger partial charge in [0.1, 0.15) is 24.6 Å². The van der Waals surface area contributed by atoms with Gasteiger partial charge < -0.3 is 45.1 Å². The predicted octanol–water partition coefficient (Wildman–Crippen LogP) is 0.113. The van der Waals surface area contributed by atoms with Crippen LogP contribution in [0.5, 0.6) is 0 Å². The van der Waals surface area contributed by atoms with Crippen molar-refractivity contribution in [3.05, 3.63) is 48.7 Å². The summed E-state index contributed by atoms with van der Waals surface area (Å²) < 4.78 is 18.2. The van der Waals surface area contributed by atoms with Crippen LogP contribution in [0.4, 0.5) is 5.82 Å². The number of nitrogens with zero attached hydrogens (tertiary/aromatic N) is 4. The van der Waals surface area contributed by atoms with Gasteiger partial charge in [0, 0.05) is 36.6 Å². The zero-order valence-electron chi connectivity index (χ0n) is 22.5. The first-order chi connectivity index (χ1) is 20.1. The molecule has 1 aromatic carbocycles. The Hall–Kier alpha value is -3.66. The molecule has 4 atom stereocenters. The van der Waals surface area contributed by atoms with Crippen LogP contribution in [0.15, 0.2) is 43.1 Å². The number of ether oxygens (including phenoxy) is 3. The first kappa shape index (κ1) is 28.9. The molecule has 4 aromatic rings. The highest BCUT2D eigenvalue weighted by Gasteiger charge is 2.44. The molecule has 41 heavy (non-hydrogen) atoms. The summed E-state index contributed by atoms with van der Waals surface area (Å²) in [5.41, 5.74) is 3.09. The molecule has 14 nitrogen and oxygen atoms in total. The lowest BCUT2D eigenvalue weighted by Crippen LogP contribution is -2.33. The zero-order chi connectivity index (χ0) is 28.6. The van der Waals surface area contributed by atoms with E-state index in [4.69, 9.17) is 14.2 Å². The van der Waals surface area contributed by atoms with Crippen molar-refractivity contribution in [2.45, 2.75) is 37.4 Å². The monoisotopic (exact) mass is 569 g/mol. The number of para-hydroxylation sites is 1. The number of hydrogen-bond donors (Lipinski definition) is 6. The Morgan fingerprint density at radius 1 is 1.05 bits per heavy atom. The summed E-state index contributed by atoms with van der Waals surface area (Å²) in [6.45, 7) is 2.07. The van der Waals surface area contributed by atoms with Gasteiger partial charge in [0.2, 0.25) is 5.91 Å². The lowest BCUT2D eigenvalue weighted by atomic mass is 10.1. The maximum Gasteiger partial charge on any atom is 0.220 e. The van der Waals surface area contributed by atoms with E-state index in [2.05, 4.69) is 36.6 Å². The van der Waals surface area contributed by atoms with Gasteiger partial charge in [0.05, 0.1) is 39.4 Å². The number of aromatic nitrogens is 5. The van der Waals surface area contributed by atoms with Gasteiger partial charge in [-0.2, -0.15) is 0 Å². The molecule has 1 aliphatic rings. The molecule has 0 spiro atoms. The second kappa shape index (κ2) is 13.8. The third-order valence-corrected chi connectivity index (χ3v) is 6.93. The number of aryl methyl sites for hydroxylation is 1. The van der Waals surface area contributed by atoms with Gasteiger partial charge >= 0.3 is 0 Å². The van der Waals surface area contributed by atoms with Gasteiger partial charge in [-0.15, -0.1) is 0 Å². The standard InChI is InChI=1S/C27H35N7O7/c35-14-20-23(37)24(38)27(41-20)34-16-33-22-25(31-15-32-26(22)34)29-8-10-40-12-11-39-9-7-28-21(36)6-5-17-13-30-19-4-2-1-3-18(17)19/h1-4,13,15-16,20,23-24,27,30,35,37-38H,5-12,14H2,(H,28,36)(H,29,31,32)/t20-,23-,24-,27-/m1/s1. The van der Waals surface area contributed by atoms with Crippen molar-refractivity contribution < 1.29 is 34.3 Å². The number of nitrogens with one attached hydrogen (secondary N) is 3. The van der Waals surface area contributed by atoms with E-state index in [1.54, 1.807) is 0 Å². The van der Waals surface area contributed by atoms with Crippen LogP contribution < -0.4 is 10.6 Å². The second-order valence-electron chi connectivity index (χ2n) is 9.64. The van der Waals surface area contributed by atoms with Crippen LogP contribution in [0, 0.1) is 0 Å². The number of rotatable bonds is 15. The van der Waals surface area contributed by atoms with Crippen LogP contribution in [0.25, 0.3) is 22.1 Å². The first-order valence-corrected chi connectivity index (χ1v) is 13.6. The van der Waals surface area contributed by atoms with Crippen molar-refractivity contribution >= 4 is 33.8 Å². The highest BCUT2D eigenvalue weighted by atomic mass is 16.6. The van der Waals surface area contributed by atoms with E-state index in [1.165, 1.54) is 17.2 Å². The molecule has 1 aliphatic heterocycles. The molecule has 0 saturated carbocycles. The summed E-state index contributed by atoms with van der Waals surface area (Å²) in [4.78, 5) is 28.2. The molecule has 0 radical (unpaired) electrons. The molecule has 6 N–H and O–H groups in total. The van der Waals surface area contributed by atoms with Crippen LogP contribution >= 0.6 is 0 Å². The van der Waals surface area contributed by atoms with Crippen LogP contribution in [-0.2, 0) is 25.4 Å². The second-order valence-corrected chi connectivity index (χ2v) is 9.64. The minimum absolute atomic E-state index is 0.0104. The van der Waals surface area contributed by atoms with Gasteiger partial charge in [-0.05, 0) is 18.1 Å². The molecule has 0 unspecified atom stereocenters. The number of carbonyl (C=O) groups excluding carboxylic acids is 1. The minimum Gasteiger partial charge on any atom is -0.394 e. The number of carbonyl (C=O) groups is 1. The van der Waals surface area contributed by atoms with E-state index in [-0.39, 0.29) is 5.91 Å². The van der Waals surface area contributed by atoms with Crippen LogP contribution in [0.2, 0.25) is 0 Å². The normalized spacial score (nSPS) is 20.7. The Kier molecular flexibility index (Phi) is 9.71. The first-order valence-electron chi connectivity index (χ1n) is 13.6. The molecule has 5 rings (SSSR count). The number of anilines is 1. The van der Waals surface area contributed by atoms with Crippen molar-refractivity contribution in [3.8, 4) is 0 Å². The molecule has 0 aliphatic carbocycles. The summed E-state index contributed by atoms with van der Waals surface area (Å²) in [5, 5.41) is 36.9. The van der Waals surface area contributed by atoms with Crippen molar-refractivity contribution in [3.63, 3.8) is 0 Å². The van der Waals surface area contributed by atoms with Gasteiger partial charge in [-0.3, -0.25) is 9.36 Å². The average Bonchev–Trinajstić information content (AvgIpc) is 3.69. The summed E-state index contributed by atoms with van der Waals surface area (Å²) >= 11 is 0. The maximum absolute atomic E-state index is 12.1. The lowest BCUT2D eigenvalue weighted by Gasteiger charge is -2.16. The smallest absolute Gasteiger partial charge is 0.220 e. The number of fused-ring (bicyclic) bond motifs is 2. The molecule has 220 valence electrons. The number of amides is 1. The van der Waals surface area contributed by atoms with E-state index in [1.807, 2.05) is 24.4 Å². The van der Waals surface area contributed by atoms with E-state index >= 15 is 0 Å². The quantitative estimate of drug-likeness (QED) is 0.107. The number of aromatic amines is 1. The fourth-order valence-corrected chi connectivity index (χ4v) is 4.78. The molecule has 0 bridgehead atoms. The highest BCUT2D eigenvalue weighted by molar-refractivity contribution is 5.84. The largest absolute Gasteiger partial charge is 0.394 e. The fraction of sp³-hybridized carbons (Fsp3) is 0.481. The van der Waals surface area contributed by atoms with E-state index in [0.717, 1.165) is 16.5 Å². The Bertz CT molecular complexity index is 1430. The zero-order valence-corrected chi connectivity index (χ0v) is 22.5. The lowest BCUT2D eigenvalue weighted by molar-refractivity contribution is -0.121. The van der Waals surface area contributed by atoms with Crippen LogP contribution in [0.3, 0.4) is 0 Å². The van der Waals surface area contributed by atoms with Gasteiger partial charge in [0.25, 0.3) is 0 Å². The average molecular weight is 570 g/mol. The molecule has 14 heteroatoms. The predicted molar refractivity (Wildman–Crippen MR) is 148 cm³/mol. The third-order valence-electron chi connectivity index (χ3n) is 6.93. The summed E-state index contributed by atoms with van der Waals surface area (Å²) in [7, 11) is 0. The van der Waals surface area contributed by atoms with E-state index in [9.17, 15) is 20.1 Å². The molecule has 3 aromatic heterocycles. The van der Waals surface area contributed by atoms with Gasteiger partial charge in [0.15, 0.2) is 23.2 Å². The Morgan fingerprint density at radius 3 is 2.66 bits per heavy atom. The molecule has 1 saturated heterocycles. The summed E-state index contributed by atoms with van der Waals surface area (Å²) in [6.07, 6.45) is 1.57. The third kappa shape index (κ3) is 6.81. The van der Waals surface area contributed by atoms with Crippen molar-refractivity contribution in [1.29, 1.82) is 0 Å². The Morgan fingerprint density at radius 2 is 1.85 bits per heavy atom. The molecule has 4 heterocycles. The Labute approximate surface area is 235 Å². The summed E-state index contributed by atoms with van der Waals surface area (Å²) in [5.74, 6) is 0.476. The number of benzene rings is 1. The minimum atomic E-state index is -1.24. The van der Waals surface area contributed by atoms with Crippen molar-refractivity contribution in [2.75, 3.05) is 51.4 Å². The van der Waals surface area contributed by atoms with Crippen molar-refractivity contribution in [2.24, 2.45) is 0 Å². The van der Waals surface area contributed by atoms with Crippen LogP contribution in [-0.4, -0.2) is 110 Å². The molecule has 1 fully saturated rings. The van der Waals surface area contributed by atoms with E-state index < -0.39 is 31.1 Å². The topological polar surface area (TPSA) is 189 Å². The number of aliphatic hydroxyl groups is 3. The number of hydrogen-bond acceptors (Lipinski definition) is 11. The number of imidazole rings is 1. The number of H-pyrrole nitrogens is 1. The molecular formula is C27H35N7O7. The van der Waals surface area contributed by atoms with Gasteiger partial charge in [-0.1, -0.05) is 18.2 Å². The molecule has 1 amide bonds. The van der Waals surface area contributed by atoms with Crippen LogP contribution in [0.1, 0.15) is 18.2 Å². The number of aliphatic hydroxyl groups excluding tert-OH is 3. The maximum atomic E-state index is 12.1. The SMILES string of the molecule is O=C(CCc1c[nH]c2ccccc12)NCCOCCOCCNc1ncnc2c1ncn2[C@@H]1O[C@H](CO)[C@@H](O)[C@H]1O. The van der Waals surface area contributed by atoms with Gasteiger partial charge in [-0.25, -0.2) is 15.0 Å². The van der Waals surface area contributed by atoms with E-state index in [0.29, 0.717) is 69.3 Å². The summed E-state index contributed by atoms with van der Waals surface area (Å²) in [6, 6.07) is 8.05. The van der Waals surface area contributed by atoms with Crippen molar-refractivity contribution in [1.82, 2.24) is 29.8 Å².